The van der Waals surface area contributed by atoms with E-state index in [2.05, 4.69) is 20.8 Å². The number of hydrogen-bond donors (Lipinski definition) is 13. The molecule has 8 fully saturated rings. The standard InChI is InChI=1S/C57H86O22/c1-26(11-12-36(52(2,3)71)78-51-47(70)44(67)41(64)34(77-51)23-72-49-45(68)42(65)39(62)32(21-58)75-49)28-13-15-55(6)48-30(61)19-35-53(4,25-73-38-20-29(60)27-9-7-8-10-31(27)74-38)37(79-50-46(69)43(66)40(63)33(22-59)76-50)14-16-56(35)24-57(48,56)18-17-54(28,55)5/h7-10,20,26,28,30,32-37,39-51,58-59,61-71H,11-19,21-25H2,1-6H3/t26-,28-,30+,32-,33-,34-,35+,36-,37+,39-,40-,41-,42+,43+,44+,45-,46-,47-,48+,49-,50+,51+,53-,54-,55+,56-,57+/m1/s1. The fourth-order valence-electron chi connectivity index (χ4n) is 17.2. The van der Waals surface area contributed by atoms with Gasteiger partial charge in [0.15, 0.2) is 24.3 Å². The number of aliphatic hydroxyl groups is 13. The van der Waals surface area contributed by atoms with E-state index in [9.17, 15) is 71.2 Å². The van der Waals surface area contributed by atoms with Gasteiger partial charge in [-0.25, -0.2) is 0 Å². The van der Waals surface area contributed by atoms with E-state index in [0.29, 0.717) is 36.7 Å². The zero-order chi connectivity index (χ0) is 57.1. The van der Waals surface area contributed by atoms with E-state index in [0.717, 1.165) is 38.5 Å². The molecule has 1 aromatic heterocycles. The molecule has 0 amide bonds. The molecule has 5 saturated carbocycles. The Morgan fingerprint density at radius 2 is 1.30 bits per heavy atom. The molecule has 10 rings (SSSR count). The van der Waals surface area contributed by atoms with E-state index >= 15 is 0 Å². The summed E-state index contributed by atoms with van der Waals surface area (Å²) in [6.07, 6.45) is -18.7. The quantitative estimate of drug-likeness (QED) is 0.0923. The van der Waals surface area contributed by atoms with Gasteiger partial charge in [0.1, 0.15) is 78.8 Å². The van der Waals surface area contributed by atoms with Crippen molar-refractivity contribution in [1.29, 1.82) is 0 Å². The SMILES string of the molecule is C[C@H](CC[C@@H](O[C@@H]1O[C@H](CO[C@@H]2O[C@H](CO)[C@@H](O)[C@H](O)[C@H]2O)[C@@H](O)[C@H](O)[C@H]1O)C(C)(C)O)[C@H]1CC[C@@]2(C)[C@@H]3[C@@H](O)C[C@H]4[C@@](C)(COc5cc(=O)c6ccccc6o5)[C@@H](O[C@@H]5O[C@H](CO)[C@@H](O)[C@H](O)[C@H]5O)CC[C@@]45C[C@@]35CC[C@]12C. The molecule has 27 atom stereocenters. The van der Waals surface area contributed by atoms with Gasteiger partial charge in [-0.05, 0) is 136 Å². The van der Waals surface area contributed by atoms with Gasteiger partial charge >= 0.3 is 0 Å². The smallest absolute Gasteiger partial charge is 0.288 e. The van der Waals surface area contributed by atoms with Gasteiger partial charge in [0.2, 0.25) is 0 Å². The Labute approximate surface area is 459 Å². The van der Waals surface area contributed by atoms with Crippen LogP contribution in [0.2, 0.25) is 0 Å². The van der Waals surface area contributed by atoms with Gasteiger partial charge in [0.05, 0.1) is 61.8 Å². The van der Waals surface area contributed by atoms with Crippen molar-refractivity contribution in [2.75, 3.05) is 26.4 Å². The van der Waals surface area contributed by atoms with Crippen LogP contribution >= 0.6 is 0 Å². The van der Waals surface area contributed by atoms with Crippen LogP contribution in [0.3, 0.4) is 0 Å². The minimum absolute atomic E-state index is 0.00902. The summed E-state index contributed by atoms with van der Waals surface area (Å²) in [5, 5.41) is 141. The first-order valence-corrected chi connectivity index (χ1v) is 28.5. The minimum Gasteiger partial charge on any atom is -0.464 e. The highest BCUT2D eigenvalue weighted by atomic mass is 16.7. The topological polar surface area (TPSA) is 358 Å². The second-order valence-electron chi connectivity index (χ2n) is 26.3. The van der Waals surface area contributed by atoms with E-state index < -0.39 is 141 Å². The molecule has 446 valence electrons. The van der Waals surface area contributed by atoms with Crippen LogP contribution < -0.4 is 10.2 Å². The third-order valence-corrected chi connectivity index (χ3v) is 21.8. The normalized spacial score (nSPS) is 48.5. The van der Waals surface area contributed by atoms with E-state index in [1.54, 1.807) is 38.1 Å². The van der Waals surface area contributed by atoms with E-state index in [1.165, 1.54) is 6.07 Å². The fraction of sp³-hybridized carbons (Fsp3) is 0.842. The predicted molar refractivity (Wildman–Crippen MR) is 275 cm³/mol. The van der Waals surface area contributed by atoms with Gasteiger partial charge in [-0.1, -0.05) is 39.8 Å². The molecular formula is C57H86O22. The van der Waals surface area contributed by atoms with E-state index in [4.69, 9.17) is 37.6 Å². The van der Waals surface area contributed by atoms with Crippen molar-refractivity contribution in [1.82, 2.24) is 0 Å². The molecular weight excluding hydrogens is 1040 g/mol. The summed E-state index contributed by atoms with van der Waals surface area (Å²) in [6.45, 7) is 10.3. The molecule has 3 saturated heterocycles. The largest absolute Gasteiger partial charge is 0.464 e. The van der Waals surface area contributed by atoms with Gasteiger partial charge in [-0.2, -0.15) is 0 Å². The maximum absolute atomic E-state index is 13.2. The Kier molecular flexibility index (Phi) is 16.5. The van der Waals surface area contributed by atoms with Crippen LogP contribution in [0.4, 0.5) is 0 Å². The first-order valence-electron chi connectivity index (χ1n) is 28.5. The van der Waals surface area contributed by atoms with Crippen LogP contribution in [0.5, 0.6) is 5.95 Å². The van der Waals surface area contributed by atoms with Gasteiger partial charge < -0.3 is 104 Å². The van der Waals surface area contributed by atoms with Gasteiger partial charge in [0, 0.05) is 5.41 Å². The maximum atomic E-state index is 13.2. The summed E-state index contributed by atoms with van der Waals surface area (Å²) in [5.74, 6) is 0.119. The molecule has 5 aliphatic carbocycles. The number of aliphatic hydroxyl groups excluding tert-OH is 12. The van der Waals surface area contributed by atoms with Crippen molar-refractivity contribution in [2.45, 2.75) is 222 Å². The van der Waals surface area contributed by atoms with Crippen LogP contribution in [0, 0.1) is 50.7 Å². The molecule has 13 N–H and O–H groups in total. The second kappa shape index (κ2) is 21.8. The molecule has 79 heavy (non-hydrogen) atoms. The fourth-order valence-corrected chi connectivity index (χ4v) is 17.2. The lowest BCUT2D eigenvalue weighted by molar-refractivity contribution is -0.341. The Morgan fingerprint density at radius 3 is 1.96 bits per heavy atom. The third kappa shape index (κ3) is 9.84. The lowest BCUT2D eigenvalue weighted by atomic mass is 9.41. The van der Waals surface area contributed by atoms with Crippen molar-refractivity contribution >= 4 is 11.0 Å². The molecule has 22 heteroatoms. The first kappa shape index (κ1) is 59.6. The average molecular weight is 1120 g/mol. The lowest BCUT2D eigenvalue weighted by Crippen LogP contribution is -2.65. The van der Waals surface area contributed by atoms with Crippen LogP contribution in [0.15, 0.2) is 39.5 Å². The van der Waals surface area contributed by atoms with Crippen molar-refractivity contribution in [2.24, 2.45) is 50.7 Å². The van der Waals surface area contributed by atoms with Crippen molar-refractivity contribution < 1.29 is 104 Å². The predicted octanol–water partition coefficient (Wildman–Crippen LogP) is -0.0566. The molecule has 0 bridgehead atoms. The average Bonchev–Trinajstić information content (AvgIpc) is 2.34. The second-order valence-corrected chi connectivity index (χ2v) is 26.3. The Balaban J connectivity index is 0.843. The number of para-hydroxylation sites is 1. The van der Waals surface area contributed by atoms with Crippen LogP contribution in [-0.4, -0.2) is 209 Å². The van der Waals surface area contributed by atoms with Gasteiger partial charge in [0.25, 0.3) is 5.95 Å². The monoisotopic (exact) mass is 1120 g/mol. The number of ether oxygens (including phenoxy) is 7. The summed E-state index contributed by atoms with van der Waals surface area (Å²) in [5.41, 5.74) is -3.18. The lowest BCUT2D eigenvalue weighted by Gasteiger charge is -2.65. The Morgan fingerprint density at radius 1 is 0.696 bits per heavy atom. The minimum atomic E-state index is -1.77. The highest BCUT2D eigenvalue weighted by molar-refractivity contribution is 5.76. The van der Waals surface area contributed by atoms with Crippen molar-refractivity contribution in [3.05, 3.63) is 40.6 Å². The van der Waals surface area contributed by atoms with Crippen LogP contribution in [0.25, 0.3) is 11.0 Å². The zero-order valence-corrected chi connectivity index (χ0v) is 46.0. The third-order valence-electron chi connectivity index (χ3n) is 21.8. The molecule has 8 aliphatic rings. The van der Waals surface area contributed by atoms with Crippen LogP contribution in [-0.2, 0) is 28.4 Å². The Hall–Kier alpha value is -2.53. The molecule has 2 aromatic rings. The zero-order valence-electron chi connectivity index (χ0n) is 46.0. The molecule has 2 spiro atoms. The molecule has 0 radical (unpaired) electrons. The van der Waals surface area contributed by atoms with Crippen molar-refractivity contribution in [3.8, 4) is 5.95 Å². The van der Waals surface area contributed by atoms with Crippen LogP contribution in [0.1, 0.15) is 106 Å². The number of benzene rings is 1. The van der Waals surface area contributed by atoms with Gasteiger partial charge in [-0.3, -0.25) is 4.79 Å². The van der Waals surface area contributed by atoms with E-state index in [-0.39, 0.29) is 63.3 Å². The maximum Gasteiger partial charge on any atom is 0.288 e. The van der Waals surface area contributed by atoms with E-state index in [1.807, 2.05) is 6.92 Å². The highest BCUT2D eigenvalue weighted by Crippen LogP contribution is 2.89. The van der Waals surface area contributed by atoms with Crippen molar-refractivity contribution in [3.63, 3.8) is 0 Å². The number of hydrogen-bond acceptors (Lipinski definition) is 22. The Bertz CT molecular complexity index is 2510. The first-order chi connectivity index (χ1) is 37.2. The molecule has 0 unspecified atom stereocenters. The summed E-state index contributed by atoms with van der Waals surface area (Å²) in [4.78, 5) is 13.2. The molecule has 3 aliphatic heterocycles. The summed E-state index contributed by atoms with van der Waals surface area (Å²) >= 11 is 0. The molecule has 4 heterocycles. The highest BCUT2D eigenvalue weighted by Gasteiger charge is 2.84. The summed E-state index contributed by atoms with van der Waals surface area (Å²) < 4.78 is 48.5. The molecule has 22 nitrogen and oxygen atoms in total. The molecule has 1 aromatic carbocycles. The number of rotatable bonds is 17. The summed E-state index contributed by atoms with van der Waals surface area (Å²) in [7, 11) is 0. The number of fused-ring (bicyclic) bond motifs is 3. The summed E-state index contributed by atoms with van der Waals surface area (Å²) in [6, 6.07) is 8.21. The van der Waals surface area contributed by atoms with Gasteiger partial charge in [-0.15, -0.1) is 0 Å².